The lowest BCUT2D eigenvalue weighted by Crippen LogP contribution is -2.59. The van der Waals surface area contributed by atoms with Gasteiger partial charge in [0.2, 0.25) is 23.6 Å². The molecule has 1 aliphatic rings. The van der Waals surface area contributed by atoms with Gasteiger partial charge < -0.3 is 29.9 Å². The highest BCUT2D eigenvalue weighted by molar-refractivity contribution is 5.90. The number of hydrogen-bond donors (Lipinski definition) is 2. The van der Waals surface area contributed by atoms with Gasteiger partial charge in [0.1, 0.15) is 6.04 Å². The summed E-state index contributed by atoms with van der Waals surface area (Å²) < 4.78 is 11.9. The van der Waals surface area contributed by atoms with Crippen molar-refractivity contribution in [3.05, 3.63) is 35.9 Å². The van der Waals surface area contributed by atoms with Crippen molar-refractivity contribution in [2.45, 2.75) is 117 Å². The van der Waals surface area contributed by atoms with Gasteiger partial charge >= 0.3 is 0 Å². The predicted molar refractivity (Wildman–Crippen MR) is 198 cm³/mol. The molecular formula is C39H67N5O6. The van der Waals surface area contributed by atoms with Crippen LogP contribution in [0.4, 0.5) is 0 Å². The summed E-state index contributed by atoms with van der Waals surface area (Å²) in [6.45, 7) is 14.9. The third-order valence-electron chi connectivity index (χ3n) is 10.5. The number of rotatable bonds is 20. The number of benzene rings is 1. The summed E-state index contributed by atoms with van der Waals surface area (Å²) in [4.78, 5) is 60.3. The minimum Gasteiger partial charge on any atom is -0.379 e. The van der Waals surface area contributed by atoms with Crippen LogP contribution in [0.25, 0.3) is 0 Å². The molecule has 11 heteroatoms. The molecule has 1 fully saturated rings. The van der Waals surface area contributed by atoms with Crippen molar-refractivity contribution >= 4 is 23.6 Å². The molecule has 1 unspecified atom stereocenters. The fourth-order valence-corrected chi connectivity index (χ4v) is 7.55. The smallest absolute Gasteiger partial charge is 0.245 e. The number of nitrogens with zero attached hydrogens (tertiary/aromatic N) is 3. The minimum absolute atomic E-state index is 0.0103. The molecule has 1 aromatic rings. The third kappa shape index (κ3) is 11.5. The number of hydrogen-bond acceptors (Lipinski definition) is 7. The van der Waals surface area contributed by atoms with Crippen LogP contribution in [0.2, 0.25) is 0 Å². The van der Waals surface area contributed by atoms with Crippen molar-refractivity contribution in [3.8, 4) is 0 Å². The molecule has 0 radical (unpaired) electrons. The van der Waals surface area contributed by atoms with Crippen LogP contribution < -0.4 is 10.6 Å². The third-order valence-corrected chi connectivity index (χ3v) is 10.5. The van der Waals surface area contributed by atoms with E-state index in [9.17, 15) is 19.2 Å². The summed E-state index contributed by atoms with van der Waals surface area (Å²) in [5.74, 6) is -1.13. The summed E-state index contributed by atoms with van der Waals surface area (Å²) in [7, 11) is 8.66. The molecule has 4 amide bonds. The topological polar surface area (TPSA) is 121 Å². The summed E-state index contributed by atoms with van der Waals surface area (Å²) >= 11 is 0. The van der Waals surface area contributed by atoms with Gasteiger partial charge in [0.15, 0.2) is 0 Å². The van der Waals surface area contributed by atoms with E-state index >= 15 is 0 Å². The summed E-state index contributed by atoms with van der Waals surface area (Å²) in [6.07, 6.45) is 2.06. The zero-order valence-electron chi connectivity index (χ0n) is 32.9. The SMILES string of the molecule is CC[C@H](C)[C@@H]([C@@H](CC(=O)N1CCC[C@H]1[C@H](OC)[C@@H](C)C(=O)NCCc1ccccc1)OC)N(C)C(=O)C(NC(=O)[C@H](C(C)C)N(C)C)C(C)C. The minimum atomic E-state index is -0.737. The fourth-order valence-electron chi connectivity index (χ4n) is 7.55. The Morgan fingerprint density at radius 1 is 0.920 bits per heavy atom. The first-order chi connectivity index (χ1) is 23.6. The Balaban J connectivity index is 2.21. The van der Waals surface area contributed by atoms with Crippen LogP contribution in [0.1, 0.15) is 79.7 Å². The lowest BCUT2D eigenvalue weighted by Gasteiger charge is -2.41. The van der Waals surface area contributed by atoms with E-state index in [2.05, 4.69) is 24.5 Å². The number of nitrogens with one attached hydrogen (secondary N) is 2. The van der Waals surface area contributed by atoms with E-state index in [0.29, 0.717) is 13.1 Å². The first kappa shape index (κ1) is 43.1. The summed E-state index contributed by atoms with van der Waals surface area (Å²) in [6, 6.07) is 8.23. The van der Waals surface area contributed by atoms with Crippen LogP contribution in [0, 0.1) is 23.7 Å². The van der Waals surface area contributed by atoms with Crippen LogP contribution in [-0.4, -0.2) is 123 Å². The van der Waals surface area contributed by atoms with Crippen LogP contribution in [0.5, 0.6) is 0 Å². The van der Waals surface area contributed by atoms with Gasteiger partial charge in [0.25, 0.3) is 0 Å². The molecule has 8 atom stereocenters. The van der Waals surface area contributed by atoms with Crippen molar-refractivity contribution in [2.75, 3.05) is 48.5 Å². The Morgan fingerprint density at radius 2 is 1.56 bits per heavy atom. The van der Waals surface area contributed by atoms with Crippen molar-refractivity contribution in [3.63, 3.8) is 0 Å². The highest BCUT2D eigenvalue weighted by atomic mass is 16.5. The van der Waals surface area contributed by atoms with Crippen molar-refractivity contribution in [2.24, 2.45) is 23.7 Å². The average molecular weight is 702 g/mol. The standard InChI is InChI=1S/C39H67N5O6/c1-13-27(6)35(43(10)39(48)33(25(2)3)41-38(47)34(26(4)5)42(8)9)31(49-11)24-32(45)44-23-17-20-30(44)36(50-12)28(7)37(46)40-22-21-29-18-15-14-16-19-29/h14-16,18-19,25-28,30-31,33-36H,13,17,20-24H2,1-12H3,(H,40,46)(H,41,47)/t27-,28+,30-,31+,33?,34-,35-,36+/m0/s1. The molecule has 0 aromatic heterocycles. The molecule has 0 aliphatic carbocycles. The normalized spacial score (nSPS) is 19.1. The second-order valence-electron chi connectivity index (χ2n) is 15.0. The van der Waals surface area contributed by atoms with E-state index in [1.165, 1.54) is 0 Å². The second-order valence-corrected chi connectivity index (χ2v) is 15.0. The fraction of sp³-hybridized carbons (Fsp3) is 0.744. The van der Waals surface area contributed by atoms with Gasteiger partial charge in [-0.15, -0.1) is 0 Å². The molecule has 1 aromatic carbocycles. The van der Waals surface area contributed by atoms with E-state index < -0.39 is 30.2 Å². The Kier molecular flexibility index (Phi) is 17.9. The molecule has 2 rings (SSSR count). The summed E-state index contributed by atoms with van der Waals surface area (Å²) in [5, 5.41) is 6.09. The number of carbonyl (C=O) groups is 4. The van der Waals surface area contributed by atoms with Crippen LogP contribution in [-0.2, 0) is 35.1 Å². The largest absolute Gasteiger partial charge is 0.379 e. The lowest BCUT2D eigenvalue weighted by molar-refractivity contribution is -0.148. The average Bonchev–Trinajstić information content (AvgIpc) is 3.56. The molecule has 1 heterocycles. The first-order valence-electron chi connectivity index (χ1n) is 18.5. The van der Waals surface area contributed by atoms with Crippen molar-refractivity contribution in [1.29, 1.82) is 0 Å². The summed E-state index contributed by atoms with van der Waals surface area (Å²) in [5.41, 5.74) is 1.15. The molecule has 0 bridgehead atoms. The molecule has 1 aliphatic heterocycles. The maximum absolute atomic E-state index is 14.2. The monoisotopic (exact) mass is 702 g/mol. The van der Waals surface area contributed by atoms with E-state index in [1.807, 2.05) is 88.8 Å². The van der Waals surface area contributed by atoms with Gasteiger partial charge in [-0.25, -0.2) is 0 Å². The zero-order chi connectivity index (χ0) is 37.7. The van der Waals surface area contributed by atoms with E-state index in [4.69, 9.17) is 9.47 Å². The second kappa shape index (κ2) is 20.7. The number of likely N-dealkylation sites (N-methyl/N-ethyl adjacent to an activating group) is 2. The number of ether oxygens (including phenoxy) is 2. The number of likely N-dealkylation sites (tertiary alicyclic amines) is 1. The zero-order valence-corrected chi connectivity index (χ0v) is 32.9. The first-order valence-corrected chi connectivity index (χ1v) is 18.5. The molecule has 50 heavy (non-hydrogen) atoms. The molecule has 0 saturated carbocycles. The van der Waals surface area contributed by atoms with Gasteiger partial charge in [-0.1, -0.05) is 85.2 Å². The van der Waals surface area contributed by atoms with E-state index in [1.54, 1.807) is 26.2 Å². The highest BCUT2D eigenvalue weighted by Crippen LogP contribution is 2.29. The molecule has 284 valence electrons. The molecular weight excluding hydrogens is 634 g/mol. The molecule has 1 saturated heterocycles. The van der Waals surface area contributed by atoms with Gasteiger partial charge in [0, 0.05) is 34.4 Å². The Hall–Kier alpha value is -3.02. The quantitative estimate of drug-likeness (QED) is 0.211. The van der Waals surface area contributed by atoms with Gasteiger partial charge in [-0.05, 0) is 56.7 Å². The number of amides is 4. The number of methoxy groups -OCH3 is 2. The maximum atomic E-state index is 14.2. The van der Waals surface area contributed by atoms with Gasteiger partial charge in [-0.2, -0.15) is 0 Å². The van der Waals surface area contributed by atoms with E-state index in [0.717, 1.165) is 31.2 Å². The molecule has 2 N–H and O–H groups in total. The van der Waals surface area contributed by atoms with Gasteiger partial charge in [-0.3, -0.25) is 24.1 Å². The van der Waals surface area contributed by atoms with Crippen molar-refractivity contribution in [1.82, 2.24) is 25.3 Å². The van der Waals surface area contributed by atoms with Crippen LogP contribution in [0.3, 0.4) is 0 Å². The van der Waals surface area contributed by atoms with Crippen LogP contribution >= 0.6 is 0 Å². The maximum Gasteiger partial charge on any atom is 0.245 e. The van der Waals surface area contributed by atoms with E-state index in [-0.39, 0.29) is 59.9 Å². The highest BCUT2D eigenvalue weighted by Gasteiger charge is 2.43. The Morgan fingerprint density at radius 3 is 2.08 bits per heavy atom. The van der Waals surface area contributed by atoms with Crippen LogP contribution in [0.15, 0.2) is 30.3 Å². The molecule has 11 nitrogen and oxygen atoms in total. The van der Waals surface area contributed by atoms with Crippen molar-refractivity contribution < 1.29 is 28.7 Å². The van der Waals surface area contributed by atoms with Gasteiger partial charge in [0.05, 0.1) is 42.7 Å². The number of carbonyl (C=O) groups excluding carboxylic acids is 4. The Labute approximate surface area is 302 Å². The lowest BCUT2D eigenvalue weighted by atomic mass is 9.89. The molecule has 0 spiro atoms. The Bertz CT molecular complexity index is 1200. The predicted octanol–water partition coefficient (Wildman–Crippen LogP) is 3.99.